The molecule has 132 valence electrons. The molecule has 1 saturated carbocycles. The fraction of sp³-hybridized carbons (Fsp3) is 0.400. The molecule has 0 radical (unpaired) electrons. The molecule has 1 heterocycles. The standard InChI is InChI=1S/C20H24ClN3O/c21-18-5-1-17(2-6-18)14-23-20(25)24-19-7-3-15(4-8-19)13-16-9-11-22-12-10-16/h1-2,5-6,9-12,15,19H,3-4,7-8,13-14H2,(H2,23,24,25). The molecule has 2 aromatic rings. The lowest BCUT2D eigenvalue weighted by Gasteiger charge is -2.29. The van der Waals surface area contributed by atoms with E-state index in [9.17, 15) is 4.79 Å². The van der Waals surface area contributed by atoms with Gasteiger partial charge in [-0.3, -0.25) is 4.98 Å². The zero-order valence-electron chi connectivity index (χ0n) is 14.2. The van der Waals surface area contributed by atoms with Crippen molar-refractivity contribution in [3.8, 4) is 0 Å². The third kappa shape index (κ3) is 5.75. The van der Waals surface area contributed by atoms with E-state index in [2.05, 4.69) is 27.8 Å². The van der Waals surface area contributed by atoms with Gasteiger partial charge in [-0.1, -0.05) is 23.7 Å². The van der Waals surface area contributed by atoms with E-state index >= 15 is 0 Å². The number of halogens is 1. The molecule has 4 nitrogen and oxygen atoms in total. The number of benzene rings is 1. The van der Waals surface area contributed by atoms with E-state index in [4.69, 9.17) is 11.6 Å². The molecule has 0 bridgehead atoms. The number of rotatable bonds is 5. The van der Waals surface area contributed by atoms with Crippen molar-refractivity contribution in [2.24, 2.45) is 5.92 Å². The smallest absolute Gasteiger partial charge is 0.315 e. The summed E-state index contributed by atoms with van der Waals surface area (Å²) in [6.45, 7) is 0.514. The number of nitrogens with one attached hydrogen (secondary N) is 2. The van der Waals surface area contributed by atoms with Crippen LogP contribution in [-0.4, -0.2) is 17.1 Å². The molecule has 0 spiro atoms. The van der Waals surface area contributed by atoms with Gasteiger partial charge in [0.05, 0.1) is 0 Å². The number of hydrogen-bond acceptors (Lipinski definition) is 2. The first-order chi connectivity index (χ1) is 12.2. The van der Waals surface area contributed by atoms with Crippen LogP contribution in [0.3, 0.4) is 0 Å². The van der Waals surface area contributed by atoms with Crippen molar-refractivity contribution in [2.75, 3.05) is 0 Å². The minimum Gasteiger partial charge on any atom is -0.335 e. The van der Waals surface area contributed by atoms with E-state index in [1.165, 1.54) is 5.56 Å². The molecule has 2 amide bonds. The van der Waals surface area contributed by atoms with Crippen LogP contribution < -0.4 is 10.6 Å². The lowest BCUT2D eigenvalue weighted by molar-refractivity contribution is 0.226. The second kappa shape index (κ2) is 8.86. The van der Waals surface area contributed by atoms with Crippen molar-refractivity contribution in [1.82, 2.24) is 15.6 Å². The Morgan fingerprint density at radius 1 is 1.00 bits per heavy atom. The predicted octanol–water partition coefficient (Wildman–Crippen LogP) is 4.34. The summed E-state index contributed by atoms with van der Waals surface area (Å²) in [6.07, 6.45) is 9.22. The quantitative estimate of drug-likeness (QED) is 0.836. The van der Waals surface area contributed by atoms with Gasteiger partial charge in [0.1, 0.15) is 0 Å². The molecule has 0 aliphatic heterocycles. The van der Waals surface area contributed by atoms with Crippen LogP contribution in [0.1, 0.15) is 36.8 Å². The molecule has 0 atom stereocenters. The normalized spacial score (nSPS) is 20.0. The minimum absolute atomic E-state index is 0.0902. The Labute approximate surface area is 154 Å². The topological polar surface area (TPSA) is 54.0 Å². The number of carbonyl (C=O) groups is 1. The number of nitrogens with zero attached hydrogens (tertiary/aromatic N) is 1. The molecular formula is C20H24ClN3O. The van der Waals surface area contributed by atoms with Gasteiger partial charge in [-0.05, 0) is 73.4 Å². The van der Waals surface area contributed by atoms with Gasteiger partial charge in [-0.15, -0.1) is 0 Å². The maximum Gasteiger partial charge on any atom is 0.315 e. The molecule has 25 heavy (non-hydrogen) atoms. The largest absolute Gasteiger partial charge is 0.335 e. The van der Waals surface area contributed by atoms with Crippen LogP contribution in [0.25, 0.3) is 0 Å². The molecule has 1 fully saturated rings. The molecule has 1 aliphatic rings. The van der Waals surface area contributed by atoms with Gasteiger partial charge < -0.3 is 10.6 Å². The highest BCUT2D eigenvalue weighted by Crippen LogP contribution is 2.27. The summed E-state index contributed by atoms with van der Waals surface area (Å²) in [4.78, 5) is 16.1. The van der Waals surface area contributed by atoms with Crippen molar-refractivity contribution in [2.45, 2.75) is 44.7 Å². The molecule has 1 aromatic carbocycles. The van der Waals surface area contributed by atoms with Crippen molar-refractivity contribution >= 4 is 17.6 Å². The maximum atomic E-state index is 12.1. The first-order valence-corrected chi connectivity index (χ1v) is 9.24. The first kappa shape index (κ1) is 17.7. The SMILES string of the molecule is O=C(NCc1ccc(Cl)cc1)NC1CCC(Cc2ccncc2)CC1. The third-order valence-electron chi connectivity index (χ3n) is 4.82. The Balaban J connectivity index is 1.36. The fourth-order valence-corrected chi connectivity index (χ4v) is 3.51. The average Bonchev–Trinajstić information content (AvgIpc) is 2.64. The molecule has 0 unspecified atom stereocenters. The number of carbonyl (C=O) groups excluding carboxylic acids is 1. The number of pyridine rings is 1. The van der Waals surface area contributed by atoms with Crippen molar-refractivity contribution < 1.29 is 4.79 Å². The van der Waals surface area contributed by atoms with Gasteiger partial charge in [0.25, 0.3) is 0 Å². The molecule has 1 aromatic heterocycles. The average molecular weight is 358 g/mol. The minimum atomic E-state index is -0.0902. The summed E-state index contributed by atoms with van der Waals surface area (Å²) in [5, 5.41) is 6.72. The molecule has 1 aliphatic carbocycles. The van der Waals surface area contributed by atoms with Gasteiger partial charge >= 0.3 is 6.03 Å². The molecule has 5 heteroatoms. The molecule has 0 saturated heterocycles. The van der Waals surface area contributed by atoms with Crippen molar-refractivity contribution in [3.63, 3.8) is 0 Å². The number of hydrogen-bond donors (Lipinski definition) is 2. The van der Waals surface area contributed by atoms with E-state index < -0.39 is 0 Å². The van der Waals surface area contributed by atoms with Crippen LogP contribution in [0.2, 0.25) is 5.02 Å². The van der Waals surface area contributed by atoms with E-state index in [1.54, 1.807) is 0 Å². The van der Waals surface area contributed by atoms with E-state index in [0.717, 1.165) is 37.7 Å². The highest BCUT2D eigenvalue weighted by molar-refractivity contribution is 6.30. The summed E-state index contributed by atoms with van der Waals surface area (Å²) in [6, 6.07) is 11.9. The third-order valence-corrected chi connectivity index (χ3v) is 5.07. The van der Waals surface area contributed by atoms with Crippen molar-refractivity contribution in [1.29, 1.82) is 0 Å². The van der Waals surface area contributed by atoms with Gasteiger partial charge in [0.15, 0.2) is 0 Å². The van der Waals surface area contributed by atoms with E-state index in [-0.39, 0.29) is 12.1 Å². The van der Waals surface area contributed by atoms with Gasteiger partial charge in [-0.2, -0.15) is 0 Å². The van der Waals surface area contributed by atoms with Crippen LogP contribution in [-0.2, 0) is 13.0 Å². The van der Waals surface area contributed by atoms with Crippen molar-refractivity contribution in [3.05, 3.63) is 64.9 Å². The number of aromatic nitrogens is 1. The zero-order valence-corrected chi connectivity index (χ0v) is 15.0. The van der Waals surface area contributed by atoms with Gasteiger partial charge in [0, 0.05) is 30.0 Å². The summed E-state index contributed by atoms with van der Waals surface area (Å²) in [5.74, 6) is 0.706. The monoisotopic (exact) mass is 357 g/mol. The summed E-state index contributed by atoms with van der Waals surface area (Å²) in [7, 11) is 0. The Kier molecular flexibility index (Phi) is 6.29. The Morgan fingerprint density at radius 3 is 2.36 bits per heavy atom. The Bertz CT molecular complexity index is 667. The summed E-state index contributed by atoms with van der Waals surface area (Å²) >= 11 is 5.86. The molecule has 2 N–H and O–H groups in total. The lowest BCUT2D eigenvalue weighted by Crippen LogP contribution is -2.43. The summed E-state index contributed by atoms with van der Waals surface area (Å²) in [5.41, 5.74) is 2.40. The molecular weight excluding hydrogens is 334 g/mol. The van der Waals surface area contributed by atoms with Crippen LogP contribution in [0.5, 0.6) is 0 Å². The van der Waals surface area contributed by atoms with Crippen LogP contribution in [0.4, 0.5) is 4.79 Å². The highest BCUT2D eigenvalue weighted by Gasteiger charge is 2.22. The Morgan fingerprint density at radius 2 is 1.68 bits per heavy atom. The summed E-state index contributed by atoms with van der Waals surface area (Å²) < 4.78 is 0. The predicted molar refractivity (Wildman–Crippen MR) is 101 cm³/mol. The Hall–Kier alpha value is -2.07. The second-order valence-corrected chi connectivity index (χ2v) is 7.17. The van der Waals surface area contributed by atoms with Crippen LogP contribution >= 0.6 is 11.6 Å². The van der Waals surface area contributed by atoms with Crippen LogP contribution in [0.15, 0.2) is 48.8 Å². The maximum absolute atomic E-state index is 12.1. The van der Waals surface area contributed by atoms with Crippen LogP contribution in [0, 0.1) is 5.92 Å². The number of urea groups is 1. The molecule has 3 rings (SSSR count). The van der Waals surface area contributed by atoms with Gasteiger partial charge in [-0.25, -0.2) is 4.79 Å². The highest BCUT2D eigenvalue weighted by atomic mass is 35.5. The first-order valence-electron chi connectivity index (χ1n) is 8.87. The lowest BCUT2D eigenvalue weighted by atomic mass is 9.82. The fourth-order valence-electron chi connectivity index (χ4n) is 3.38. The zero-order chi connectivity index (χ0) is 17.5. The van der Waals surface area contributed by atoms with E-state index in [0.29, 0.717) is 17.5 Å². The van der Waals surface area contributed by atoms with E-state index in [1.807, 2.05) is 36.7 Å². The van der Waals surface area contributed by atoms with Gasteiger partial charge in [0.2, 0.25) is 0 Å². The number of amides is 2. The second-order valence-electron chi connectivity index (χ2n) is 6.73.